The molecule has 0 bridgehead atoms. The first-order chi connectivity index (χ1) is 10.5. The second kappa shape index (κ2) is 5.77. The SMILES string of the molecule is O=C1CC(C(=O)Nc2ccc(F)c(Cl)c2)c2ccccc2N1. The van der Waals surface area contributed by atoms with E-state index in [4.69, 9.17) is 11.6 Å². The number of anilines is 2. The number of fused-ring (bicyclic) bond motifs is 1. The van der Waals surface area contributed by atoms with Crippen molar-refractivity contribution >= 4 is 34.8 Å². The normalized spacial score (nSPS) is 16.6. The van der Waals surface area contributed by atoms with Crippen molar-refractivity contribution in [3.05, 3.63) is 58.9 Å². The molecule has 112 valence electrons. The van der Waals surface area contributed by atoms with Crippen molar-refractivity contribution in [3.8, 4) is 0 Å². The molecule has 2 aromatic rings. The van der Waals surface area contributed by atoms with Gasteiger partial charge in [0.15, 0.2) is 0 Å². The van der Waals surface area contributed by atoms with E-state index in [0.29, 0.717) is 11.4 Å². The third-order valence-corrected chi connectivity index (χ3v) is 3.79. The van der Waals surface area contributed by atoms with Crippen LogP contribution in [0.2, 0.25) is 5.02 Å². The maximum atomic E-state index is 13.1. The minimum absolute atomic E-state index is 0.0672. The molecular formula is C16H12ClFN2O2. The van der Waals surface area contributed by atoms with E-state index in [-0.39, 0.29) is 23.3 Å². The number of para-hydroxylation sites is 1. The first-order valence-electron chi connectivity index (χ1n) is 6.69. The Bertz CT molecular complexity index is 764. The summed E-state index contributed by atoms with van der Waals surface area (Å²) < 4.78 is 13.1. The van der Waals surface area contributed by atoms with Gasteiger partial charge in [0.1, 0.15) is 5.82 Å². The van der Waals surface area contributed by atoms with Crippen LogP contribution in [0.25, 0.3) is 0 Å². The predicted molar refractivity (Wildman–Crippen MR) is 82.5 cm³/mol. The van der Waals surface area contributed by atoms with E-state index < -0.39 is 11.7 Å². The highest BCUT2D eigenvalue weighted by atomic mass is 35.5. The van der Waals surface area contributed by atoms with Gasteiger partial charge in [0, 0.05) is 17.8 Å². The van der Waals surface area contributed by atoms with Gasteiger partial charge in [-0.1, -0.05) is 29.8 Å². The Labute approximate surface area is 131 Å². The van der Waals surface area contributed by atoms with Gasteiger partial charge in [-0.15, -0.1) is 0 Å². The topological polar surface area (TPSA) is 58.2 Å². The van der Waals surface area contributed by atoms with Gasteiger partial charge in [-0.2, -0.15) is 0 Å². The molecule has 1 atom stereocenters. The maximum Gasteiger partial charge on any atom is 0.232 e. The van der Waals surface area contributed by atoms with E-state index >= 15 is 0 Å². The molecule has 0 saturated carbocycles. The Hall–Kier alpha value is -2.40. The summed E-state index contributed by atoms with van der Waals surface area (Å²) in [7, 11) is 0. The molecule has 4 nitrogen and oxygen atoms in total. The highest BCUT2D eigenvalue weighted by molar-refractivity contribution is 6.31. The van der Waals surface area contributed by atoms with Crippen LogP contribution in [0, 0.1) is 5.82 Å². The van der Waals surface area contributed by atoms with Crippen molar-refractivity contribution in [2.75, 3.05) is 10.6 Å². The molecule has 1 heterocycles. The van der Waals surface area contributed by atoms with Crippen LogP contribution in [0.4, 0.5) is 15.8 Å². The number of carbonyl (C=O) groups is 2. The van der Waals surface area contributed by atoms with Gasteiger partial charge in [0.2, 0.25) is 11.8 Å². The average molecular weight is 319 g/mol. The molecule has 0 saturated heterocycles. The lowest BCUT2D eigenvalue weighted by Gasteiger charge is -2.24. The van der Waals surface area contributed by atoms with Crippen molar-refractivity contribution < 1.29 is 14.0 Å². The average Bonchev–Trinajstić information content (AvgIpc) is 2.50. The van der Waals surface area contributed by atoms with Crippen LogP contribution in [-0.2, 0) is 9.59 Å². The Balaban J connectivity index is 1.86. The molecule has 2 N–H and O–H groups in total. The molecule has 0 aliphatic carbocycles. The van der Waals surface area contributed by atoms with Crippen LogP contribution in [0.15, 0.2) is 42.5 Å². The van der Waals surface area contributed by atoms with E-state index in [9.17, 15) is 14.0 Å². The van der Waals surface area contributed by atoms with Crippen molar-refractivity contribution in [2.45, 2.75) is 12.3 Å². The summed E-state index contributed by atoms with van der Waals surface area (Å²) in [6, 6.07) is 11.1. The van der Waals surface area contributed by atoms with Gasteiger partial charge in [0.25, 0.3) is 0 Å². The fourth-order valence-corrected chi connectivity index (χ4v) is 2.63. The standard InChI is InChI=1S/C16H12ClFN2O2/c17-12-7-9(5-6-13(12)18)19-16(22)11-8-15(21)20-14-4-2-1-3-10(11)14/h1-7,11H,8H2,(H,19,22)(H,20,21). The fraction of sp³-hybridized carbons (Fsp3) is 0.125. The van der Waals surface area contributed by atoms with Crippen LogP contribution >= 0.6 is 11.6 Å². The highest BCUT2D eigenvalue weighted by Gasteiger charge is 2.30. The Morgan fingerprint density at radius 3 is 2.82 bits per heavy atom. The van der Waals surface area contributed by atoms with Gasteiger partial charge < -0.3 is 10.6 Å². The second-order valence-corrected chi connectivity index (χ2v) is 5.42. The van der Waals surface area contributed by atoms with E-state index in [2.05, 4.69) is 10.6 Å². The monoisotopic (exact) mass is 318 g/mol. The summed E-state index contributed by atoms with van der Waals surface area (Å²) in [5.74, 6) is -1.68. The third kappa shape index (κ3) is 2.80. The van der Waals surface area contributed by atoms with Crippen LogP contribution < -0.4 is 10.6 Å². The molecule has 6 heteroatoms. The number of nitrogens with one attached hydrogen (secondary N) is 2. The van der Waals surface area contributed by atoms with E-state index in [1.165, 1.54) is 18.2 Å². The molecular weight excluding hydrogens is 307 g/mol. The zero-order valence-electron chi connectivity index (χ0n) is 11.4. The number of hydrogen-bond acceptors (Lipinski definition) is 2. The van der Waals surface area contributed by atoms with E-state index in [1.54, 1.807) is 18.2 Å². The van der Waals surface area contributed by atoms with Crippen molar-refractivity contribution in [3.63, 3.8) is 0 Å². The smallest absolute Gasteiger partial charge is 0.232 e. The zero-order chi connectivity index (χ0) is 15.7. The summed E-state index contributed by atoms with van der Waals surface area (Å²) in [4.78, 5) is 24.2. The molecule has 2 aromatic carbocycles. The molecule has 0 radical (unpaired) electrons. The van der Waals surface area contributed by atoms with Crippen molar-refractivity contribution in [2.24, 2.45) is 0 Å². The number of rotatable bonds is 2. The second-order valence-electron chi connectivity index (χ2n) is 5.01. The van der Waals surface area contributed by atoms with Gasteiger partial charge in [0.05, 0.1) is 10.9 Å². The predicted octanol–water partition coefficient (Wildman–Crippen LogP) is 3.54. The molecule has 22 heavy (non-hydrogen) atoms. The Morgan fingerprint density at radius 2 is 2.05 bits per heavy atom. The Kier molecular flexibility index (Phi) is 3.81. The lowest BCUT2D eigenvalue weighted by molar-refractivity contribution is -0.123. The summed E-state index contributed by atoms with van der Waals surface area (Å²) in [6.07, 6.45) is 0.0672. The summed E-state index contributed by atoms with van der Waals surface area (Å²) in [5, 5.41) is 5.34. The molecule has 0 fully saturated rings. The van der Waals surface area contributed by atoms with E-state index in [1.807, 2.05) is 6.07 Å². The molecule has 1 unspecified atom stereocenters. The van der Waals surface area contributed by atoms with Crippen LogP contribution in [-0.4, -0.2) is 11.8 Å². The lowest BCUT2D eigenvalue weighted by atomic mass is 9.90. The Morgan fingerprint density at radius 1 is 1.27 bits per heavy atom. The highest BCUT2D eigenvalue weighted by Crippen LogP contribution is 2.33. The number of carbonyl (C=O) groups excluding carboxylic acids is 2. The van der Waals surface area contributed by atoms with Crippen molar-refractivity contribution in [1.29, 1.82) is 0 Å². The number of benzene rings is 2. The summed E-state index contributed by atoms with van der Waals surface area (Å²) in [6.45, 7) is 0. The largest absolute Gasteiger partial charge is 0.326 e. The first kappa shape index (κ1) is 14.5. The van der Waals surface area contributed by atoms with Crippen LogP contribution in [0.5, 0.6) is 0 Å². The van der Waals surface area contributed by atoms with Gasteiger partial charge >= 0.3 is 0 Å². The van der Waals surface area contributed by atoms with Crippen LogP contribution in [0.1, 0.15) is 17.9 Å². The summed E-state index contributed by atoms with van der Waals surface area (Å²) >= 11 is 5.70. The number of amides is 2. The molecule has 3 rings (SSSR count). The van der Waals surface area contributed by atoms with E-state index in [0.717, 1.165) is 5.56 Å². The number of hydrogen-bond donors (Lipinski definition) is 2. The molecule has 0 spiro atoms. The molecule has 2 amide bonds. The van der Waals surface area contributed by atoms with Gasteiger partial charge in [-0.25, -0.2) is 4.39 Å². The van der Waals surface area contributed by atoms with Crippen LogP contribution in [0.3, 0.4) is 0 Å². The quantitative estimate of drug-likeness (QED) is 0.889. The molecule has 0 aromatic heterocycles. The minimum Gasteiger partial charge on any atom is -0.326 e. The van der Waals surface area contributed by atoms with Gasteiger partial charge in [-0.3, -0.25) is 9.59 Å². The maximum absolute atomic E-state index is 13.1. The minimum atomic E-state index is -0.589. The summed E-state index contributed by atoms with van der Waals surface area (Å²) in [5.41, 5.74) is 1.78. The van der Waals surface area contributed by atoms with Gasteiger partial charge in [-0.05, 0) is 29.8 Å². The van der Waals surface area contributed by atoms with Crippen molar-refractivity contribution in [1.82, 2.24) is 0 Å². The number of halogens is 2. The lowest BCUT2D eigenvalue weighted by Crippen LogP contribution is -2.30. The molecule has 1 aliphatic heterocycles. The fourth-order valence-electron chi connectivity index (χ4n) is 2.45. The zero-order valence-corrected chi connectivity index (χ0v) is 12.2. The third-order valence-electron chi connectivity index (χ3n) is 3.50. The molecule has 1 aliphatic rings. The first-order valence-corrected chi connectivity index (χ1v) is 7.07.